The third kappa shape index (κ3) is 4.06. The Hall–Kier alpha value is -1.88. The van der Waals surface area contributed by atoms with Crippen LogP contribution in [-0.4, -0.2) is 41.5 Å². The zero-order valence-electron chi connectivity index (χ0n) is 11.6. The first-order chi connectivity index (χ1) is 9.54. The molecule has 0 spiro atoms. The van der Waals surface area contributed by atoms with E-state index in [1.54, 1.807) is 4.90 Å². The third-order valence-corrected chi connectivity index (χ3v) is 3.60. The van der Waals surface area contributed by atoms with Gasteiger partial charge in [0.2, 0.25) is 5.91 Å². The van der Waals surface area contributed by atoms with Gasteiger partial charge < -0.3 is 15.3 Å². The fraction of sp³-hybridized carbons (Fsp3) is 0.467. The Balaban J connectivity index is 1.82. The van der Waals surface area contributed by atoms with Gasteiger partial charge in [0.1, 0.15) is 0 Å². The molecule has 0 bridgehead atoms. The van der Waals surface area contributed by atoms with Crippen molar-refractivity contribution in [3.8, 4) is 0 Å². The van der Waals surface area contributed by atoms with Crippen molar-refractivity contribution in [2.24, 2.45) is 0 Å². The van der Waals surface area contributed by atoms with Crippen molar-refractivity contribution in [2.45, 2.75) is 31.8 Å². The first-order valence-electron chi connectivity index (χ1n) is 6.81. The molecule has 2 rings (SSSR count). The maximum atomic E-state index is 11.4. The third-order valence-electron chi connectivity index (χ3n) is 3.60. The van der Waals surface area contributed by atoms with E-state index in [-0.39, 0.29) is 12.3 Å². The molecule has 0 aliphatic carbocycles. The Labute approximate surface area is 118 Å². The normalized spacial score (nSPS) is 19.1. The molecule has 0 saturated carbocycles. The smallest absolute Gasteiger partial charge is 0.307 e. The molecule has 0 radical (unpaired) electrons. The van der Waals surface area contributed by atoms with E-state index >= 15 is 0 Å². The first-order valence-corrected chi connectivity index (χ1v) is 6.81. The van der Waals surface area contributed by atoms with Crippen LogP contribution in [0.15, 0.2) is 24.3 Å². The highest BCUT2D eigenvalue weighted by Gasteiger charge is 2.21. The summed E-state index contributed by atoms with van der Waals surface area (Å²) in [7, 11) is 1.83. The number of nitrogens with zero attached hydrogens (tertiary/aromatic N) is 1. The zero-order chi connectivity index (χ0) is 14.5. The number of hydrogen-bond donors (Lipinski definition) is 2. The van der Waals surface area contributed by atoms with Crippen LogP contribution in [0.25, 0.3) is 0 Å². The minimum atomic E-state index is -0.814. The summed E-state index contributed by atoms with van der Waals surface area (Å²) in [5, 5.41) is 12.2. The van der Waals surface area contributed by atoms with Gasteiger partial charge in [0.15, 0.2) is 0 Å². The van der Waals surface area contributed by atoms with E-state index in [4.69, 9.17) is 5.11 Å². The first kappa shape index (κ1) is 14.5. The van der Waals surface area contributed by atoms with Crippen LogP contribution in [-0.2, 0) is 22.6 Å². The molecule has 1 atom stereocenters. The summed E-state index contributed by atoms with van der Waals surface area (Å²) in [6, 6.07) is 7.92. The summed E-state index contributed by atoms with van der Waals surface area (Å²) >= 11 is 0. The topological polar surface area (TPSA) is 69.6 Å². The summed E-state index contributed by atoms with van der Waals surface area (Å²) in [6.07, 6.45) is 1.54. The second-order valence-corrected chi connectivity index (χ2v) is 5.28. The van der Waals surface area contributed by atoms with Gasteiger partial charge in [0, 0.05) is 32.6 Å². The number of likely N-dealkylation sites (tertiary alicyclic amines) is 1. The number of carbonyl (C=O) groups excluding carboxylic acids is 1. The van der Waals surface area contributed by atoms with Gasteiger partial charge in [-0.3, -0.25) is 9.59 Å². The Morgan fingerprint density at radius 3 is 2.60 bits per heavy atom. The fourth-order valence-corrected chi connectivity index (χ4v) is 2.39. The molecule has 1 aromatic carbocycles. The predicted octanol–water partition coefficient (Wildman–Crippen LogP) is 1.02. The maximum Gasteiger partial charge on any atom is 0.307 e. The van der Waals surface area contributed by atoms with E-state index in [1.807, 2.05) is 31.3 Å². The van der Waals surface area contributed by atoms with Crippen molar-refractivity contribution in [3.05, 3.63) is 35.4 Å². The summed E-state index contributed by atoms with van der Waals surface area (Å²) in [5.74, 6) is -0.605. The molecule has 1 aliphatic rings. The minimum absolute atomic E-state index is 0.0588. The Bertz CT molecular complexity index is 484. The SMILES string of the molecule is CN1CC(NCc2ccc(CC(=O)O)cc2)CCC1=O. The lowest BCUT2D eigenvalue weighted by Gasteiger charge is -2.30. The Kier molecular flexibility index (Phi) is 4.74. The lowest BCUT2D eigenvalue weighted by molar-refractivity contribution is -0.136. The minimum Gasteiger partial charge on any atom is -0.481 e. The van der Waals surface area contributed by atoms with Gasteiger partial charge in [-0.1, -0.05) is 24.3 Å². The van der Waals surface area contributed by atoms with E-state index < -0.39 is 5.97 Å². The molecule has 2 N–H and O–H groups in total. The number of nitrogens with one attached hydrogen (secondary N) is 1. The van der Waals surface area contributed by atoms with Gasteiger partial charge in [-0.25, -0.2) is 0 Å². The number of carboxylic acids is 1. The van der Waals surface area contributed by atoms with E-state index in [1.165, 1.54) is 0 Å². The van der Waals surface area contributed by atoms with Gasteiger partial charge in [0.25, 0.3) is 0 Å². The predicted molar refractivity (Wildman–Crippen MR) is 75.3 cm³/mol. The van der Waals surface area contributed by atoms with Crippen LogP contribution in [0.5, 0.6) is 0 Å². The lowest BCUT2D eigenvalue weighted by Crippen LogP contribution is -2.46. The molecule has 5 heteroatoms. The summed E-state index contributed by atoms with van der Waals surface area (Å²) < 4.78 is 0. The number of aliphatic carboxylic acids is 1. The van der Waals surface area contributed by atoms with Gasteiger partial charge in [0.05, 0.1) is 6.42 Å². The van der Waals surface area contributed by atoms with Gasteiger partial charge in [-0.15, -0.1) is 0 Å². The Morgan fingerprint density at radius 2 is 2.00 bits per heavy atom. The Morgan fingerprint density at radius 1 is 1.35 bits per heavy atom. The second kappa shape index (κ2) is 6.52. The van der Waals surface area contributed by atoms with Crippen LogP contribution < -0.4 is 5.32 Å². The van der Waals surface area contributed by atoms with Crippen molar-refractivity contribution in [1.29, 1.82) is 0 Å². The van der Waals surface area contributed by atoms with Crippen molar-refractivity contribution < 1.29 is 14.7 Å². The van der Waals surface area contributed by atoms with E-state index in [9.17, 15) is 9.59 Å². The zero-order valence-corrected chi connectivity index (χ0v) is 11.6. The number of carbonyl (C=O) groups is 2. The maximum absolute atomic E-state index is 11.4. The molecule has 1 amide bonds. The number of hydrogen-bond acceptors (Lipinski definition) is 3. The summed E-state index contributed by atoms with van der Waals surface area (Å²) in [6.45, 7) is 1.48. The van der Waals surface area contributed by atoms with Crippen molar-refractivity contribution in [3.63, 3.8) is 0 Å². The van der Waals surface area contributed by atoms with Gasteiger partial charge in [-0.05, 0) is 17.5 Å². The molecule has 0 aromatic heterocycles. The van der Waals surface area contributed by atoms with E-state index in [2.05, 4.69) is 5.32 Å². The molecule has 5 nitrogen and oxygen atoms in total. The van der Waals surface area contributed by atoms with Crippen LogP contribution in [0.2, 0.25) is 0 Å². The number of carboxylic acid groups (broad SMARTS) is 1. The molecular formula is C15H20N2O3. The molecule has 1 aromatic rings. The second-order valence-electron chi connectivity index (χ2n) is 5.28. The average Bonchev–Trinajstić information content (AvgIpc) is 2.41. The van der Waals surface area contributed by atoms with Crippen LogP contribution in [0.1, 0.15) is 24.0 Å². The number of benzene rings is 1. The molecule has 1 fully saturated rings. The highest BCUT2D eigenvalue weighted by molar-refractivity contribution is 5.76. The molecular weight excluding hydrogens is 256 g/mol. The quantitative estimate of drug-likeness (QED) is 0.842. The number of rotatable bonds is 5. The van der Waals surface area contributed by atoms with Crippen LogP contribution >= 0.6 is 0 Å². The lowest BCUT2D eigenvalue weighted by atomic mass is 10.0. The van der Waals surface area contributed by atoms with Crippen LogP contribution in [0.3, 0.4) is 0 Å². The molecule has 1 aliphatic heterocycles. The van der Waals surface area contributed by atoms with E-state index in [0.717, 1.165) is 30.6 Å². The molecule has 1 unspecified atom stereocenters. The van der Waals surface area contributed by atoms with Crippen LogP contribution in [0, 0.1) is 0 Å². The van der Waals surface area contributed by atoms with Crippen LogP contribution in [0.4, 0.5) is 0 Å². The van der Waals surface area contributed by atoms with Gasteiger partial charge >= 0.3 is 5.97 Å². The number of likely N-dealkylation sites (N-methyl/N-ethyl adjacent to an activating group) is 1. The van der Waals surface area contributed by atoms with E-state index in [0.29, 0.717) is 12.5 Å². The monoisotopic (exact) mass is 276 g/mol. The van der Waals surface area contributed by atoms with Crippen molar-refractivity contribution in [1.82, 2.24) is 10.2 Å². The van der Waals surface area contributed by atoms with Crippen molar-refractivity contribution >= 4 is 11.9 Å². The molecule has 1 heterocycles. The fourth-order valence-electron chi connectivity index (χ4n) is 2.39. The molecule has 20 heavy (non-hydrogen) atoms. The molecule has 1 saturated heterocycles. The standard InChI is InChI=1S/C15H20N2O3/c1-17-10-13(6-7-14(17)18)16-9-12-4-2-11(3-5-12)8-15(19)20/h2-5,13,16H,6-10H2,1H3,(H,19,20). The average molecular weight is 276 g/mol. The highest BCUT2D eigenvalue weighted by atomic mass is 16.4. The highest BCUT2D eigenvalue weighted by Crippen LogP contribution is 2.11. The molecule has 108 valence electrons. The number of amides is 1. The summed E-state index contributed by atoms with van der Waals surface area (Å²) in [4.78, 5) is 23.7. The number of piperidine rings is 1. The van der Waals surface area contributed by atoms with Crippen molar-refractivity contribution in [2.75, 3.05) is 13.6 Å². The summed E-state index contributed by atoms with van der Waals surface area (Å²) in [5.41, 5.74) is 1.93. The van der Waals surface area contributed by atoms with Gasteiger partial charge in [-0.2, -0.15) is 0 Å². The largest absolute Gasteiger partial charge is 0.481 e.